The SMILES string of the molecule is Fc1cccc(OCC2CCOC2)c1F. The first-order valence-corrected chi connectivity index (χ1v) is 4.92. The van der Waals surface area contributed by atoms with Gasteiger partial charge in [-0.3, -0.25) is 0 Å². The van der Waals surface area contributed by atoms with Gasteiger partial charge in [0.1, 0.15) is 0 Å². The maximum Gasteiger partial charge on any atom is 0.200 e. The van der Waals surface area contributed by atoms with Crippen LogP contribution in [-0.4, -0.2) is 19.8 Å². The predicted molar refractivity (Wildman–Crippen MR) is 50.8 cm³/mol. The summed E-state index contributed by atoms with van der Waals surface area (Å²) in [7, 11) is 0. The van der Waals surface area contributed by atoms with Gasteiger partial charge in [-0.15, -0.1) is 0 Å². The summed E-state index contributed by atoms with van der Waals surface area (Å²) in [6.07, 6.45) is 0.914. The highest BCUT2D eigenvalue weighted by Crippen LogP contribution is 2.21. The molecule has 1 aromatic carbocycles. The van der Waals surface area contributed by atoms with Gasteiger partial charge in [0.25, 0.3) is 0 Å². The van der Waals surface area contributed by atoms with Crippen LogP contribution in [0.3, 0.4) is 0 Å². The molecule has 0 N–H and O–H groups in total. The summed E-state index contributed by atoms with van der Waals surface area (Å²) < 4.78 is 36.3. The van der Waals surface area contributed by atoms with Gasteiger partial charge < -0.3 is 9.47 Å². The van der Waals surface area contributed by atoms with E-state index in [9.17, 15) is 8.78 Å². The summed E-state index contributed by atoms with van der Waals surface area (Å²) >= 11 is 0. The molecule has 1 atom stereocenters. The van der Waals surface area contributed by atoms with Crippen molar-refractivity contribution in [2.45, 2.75) is 6.42 Å². The van der Waals surface area contributed by atoms with E-state index in [0.717, 1.165) is 19.1 Å². The highest BCUT2D eigenvalue weighted by molar-refractivity contribution is 5.24. The molecule has 1 aliphatic rings. The van der Waals surface area contributed by atoms with Crippen LogP contribution < -0.4 is 4.74 Å². The van der Waals surface area contributed by atoms with Crippen LogP contribution in [0.25, 0.3) is 0 Å². The molecule has 15 heavy (non-hydrogen) atoms. The van der Waals surface area contributed by atoms with Crippen molar-refractivity contribution in [3.63, 3.8) is 0 Å². The molecule has 2 nitrogen and oxygen atoms in total. The highest BCUT2D eigenvalue weighted by Gasteiger charge is 2.17. The minimum atomic E-state index is -0.920. The van der Waals surface area contributed by atoms with E-state index in [2.05, 4.69) is 0 Å². The monoisotopic (exact) mass is 214 g/mol. The van der Waals surface area contributed by atoms with Crippen molar-refractivity contribution >= 4 is 0 Å². The molecule has 1 unspecified atom stereocenters. The van der Waals surface area contributed by atoms with E-state index >= 15 is 0 Å². The van der Waals surface area contributed by atoms with Crippen LogP contribution in [0.15, 0.2) is 18.2 Å². The molecule has 0 aromatic heterocycles. The second-order valence-electron chi connectivity index (χ2n) is 3.59. The van der Waals surface area contributed by atoms with Crippen LogP contribution in [0, 0.1) is 17.6 Å². The van der Waals surface area contributed by atoms with Crippen molar-refractivity contribution < 1.29 is 18.3 Å². The third kappa shape index (κ3) is 2.45. The van der Waals surface area contributed by atoms with Gasteiger partial charge in [0, 0.05) is 12.5 Å². The molecule has 1 heterocycles. The molecule has 0 spiro atoms. The van der Waals surface area contributed by atoms with E-state index in [0.29, 0.717) is 13.2 Å². The standard InChI is InChI=1S/C11H12F2O2/c12-9-2-1-3-10(11(9)13)15-7-8-4-5-14-6-8/h1-3,8H,4-7H2. The zero-order chi connectivity index (χ0) is 10.7. The van der Waals surface area contributed by atoms with Crippen LogP contribution in [0.5, 0.6) is 5.75 Å². The Bertz CT molecular complexity index is 335. The Kier molecular flexibility index (Phi) is 3.16. The first kappa shape index (κ1) is 10.4. The molecule has 1 aliphatic heterocycles. The third-order valence-corrected chi connectivity index (χ3v) is 2.41. The molecule has 0 aliphatic carbocycles. The Morgan fingerprint density at radius 3 is 3.00 bits per heavy atom. The second-order valence-corrected chi connectivity index (χ2v) is 3.59. The van der Waals surface area contributed by atoms with Crippen molar-refractivity contribution in [1.29, 1.82) is 0 Å². The van der Waals surface area contributed by atoms with Crippen LogP contribution in [0.2, 0.25) is 0 Å². The summed E-state index contributed by atoms with van der Waals surface area (Å²) in [4.78, 5) is 0. The van der Waals surface area contributed by atoms with E-state index in [1.54, 1.807) is 0 Å². The maximum atomic E-state index is 13.1. The molecule has 0 radical (unpaired) electrons. The van der Waals surface area contributed by atoms with Gasteiger partial charge in [0.05, 0.1) is 13.2 Å². The summed E-state index contributed by atoms with van der Waals surface area (Å²) in [5.74, 6) is -1.54. The van der Waals surface area contributed by atoms with Gasteiger partial charge in [-0.05, 0) is 18.6 Å². The number of rotatable bonds is 3. The van der Waals surface area contributed by atoms with Gasteiger partial charge in [-0.2, -0.15) is 4.39 Å². The molecular formula is C11H12F2O2. The smallest absolute Gasteiger partial charge is 0.200 e. The first-order valence-electron chi connectivity index (χ1n) is 4.92. The van der Waals surface area contributed by atoms with Gasteiger partial charge in [0.2, 0.25) is 5.82 Å². The van der Waals surface area contributed by atoms with Crippen LogP contribution in [0.4, 0.5) is 8.78 Å². The Labute approximate surface area is 86.8 Å². The summed E-state index contributed by atoms with van der Waals surface area (Å²) in [5.41, 5.74) is 0. The Morgan fingerprint density at radius 1 is 1.40 bits per heavy atom. The van der Waals surface area contributed by atoms with E-state index in [4.69, 9.17) is 9.47 Å². The quantitative estimate of drug-likeness (QED) is 0.769. The van der Waals surface area contributed by atoms with Gasteiger partial charge >= 0.3 is 0 Å². The zero-order valence-corrected chi connectivity index (χ0v) is 8.21. The van der Waals surface area contributed by atoms with Crippen molar-refractivity contribution in [3.05, 3.63) is 29.8 Å². The Morgan fingerprint density at radius 2 is 2.27 bits per heavy atom. The number of benzene rings is 1. The lowest BCUT2D eigenvalue weighted by molar-refractivity contribution is 0.165. The van der Waals surface area contributed by atoms with E-state index < -0.39 is 11.6 Å². The van der Waals surface area contributed by atoms with Gasteiger partial charge in [0.15, 0.2) is 11.6 Å². The van der Waals surface area contributed by atoms with Crippen LogP contribution in [-0.2, 0) is 4.74 Å². The number of hydrogen-bond donors (Lipinski definition) is 0. The van der Waals surface area contributed by atoms with Crippen molar-refractivity contribution in [3.8, 4) is 5.75 Å². The summed E-state index contributed by atoms with van der Waals surface area (Å²) in [5, 5.41) is 0. The highest BCUT2D eigenvalue weighted by atomic mass is 19.2. The fourth-order valence-corrected chi connectivity index (χ4v) is 1.52. The van der Waals surface area contributed by atoms with Crippen LogP contribution >= 0.6 is 0 Å². The van der Waals surface area contributed by atoms with Crippen LogP contribution in [0.1, 0.15) is 6.42 Å². The first-order chi connectivity index (χ1) is 7.27. The number of hydrogen-bond acceptors (Lipinski definition) is 2. The fourth-order valence-electron chi connectivity index (χ4n) is 1.52. The summed E-state index contributed by atoms with van der Waals surface area (Å²) in [6, 6.07) is 3.92. The molecule has 82 valence electrons. The average Bonchev–Trinajstić information content (AvgIpc) is 2.73. The normalized spacial score (nSPS) is 20.5. The van der Waals surface area contributed by atoms with Crippen molar-refractivity contribution in [2.75, 3.05) is 19.8 Å². The zero-order valence-electron chi connectivity index (χ0n) is 8.21. The summed E-state index contributed by atoms with van der Waals surface area (Å²) in [6.45, 7) is 1.73. The van der Waals surface area contributed by atoms with E-state index in [1.807, 2.05) is 0 Å². The molecule has 1 fully saturated rings. The Hall–Kier alpha value is -1.16. The molecule has 0 amide bonds. The minimum absolute atomic E-state index is 0.0260. The molecule has 2 rings (SSSR count). The van der Waals surface area contributed by atoms with Crippen molar-refractivity contribution in [2.24, 2.45) is 5.92 Å². The molecule has 1 saturated heterocycles. The predicted octanol–water partition coefficient (Wildman–Crippen LogP) is 2.38. The van der Waals surface area contributed by atoms with Gasteiger partial charge in [-0.25, -0.2) is 4.39 Å². The average molecular weight is 214 g/mol. The van der Waals surface area contributed by atoms with Crippen molar-refractivity contribution in [1.82, 2.24) is 0 Å². The lowest BCUT2D eigenvalue weighted by Crippen LogP contribution is -2.12. The molecule has 4 heteroatoms. The lowest BCUT2D eigenvalue weighted by atomic mass is 10.1. The molecule has 0 bridgehead atoms. The molecule has 0 saturated carbocycles. The third-order valence-electron chi connectivity index (χ3n) is 2.41. The largest absolute Gasteiger partial charge is 0.490 e. The topological polar surface area (TPSA) is 18.5 Å². The Balaban J connectivity index is 1.95. The lowest BCUT2D eigenvalue weighted by Gasteiger charge is -2.10. The van der Waals surface area contributed by atoms with Gasteiger partial charge in [-0.1, -0.05) is 6.07 Å². The number of halogens is 2. The maximum absolute atomic E-state index is 13.1. The second kappa shape index (κ2) is 4.57. The van der Waals surface area contributed by atoms with E-state index in [-0.39, 0.29) is 11.7 Å². The molecule has 1 aromatic rings. The molecular weight excluding hydrogens is 202 g/mol. The van der Waals surface area contributed by atoms with E-state index in [1.165, 1.54) is 12.1 Å². The minimum Gasteiger partial charge on any atom is -0.490 e. The fraction of sp³-hybridized carbons (Fsp3) is 0.455. The number of ether oxygens (including phenoxy) is 2.